The molecule has 2 unspecified atom stereocenters. The number of rotatable bonds is 5. The average Bonchev–Trinajstić information content (AvgIpc) is 3.34. The number of aromatic nitrogens is 2. The highest BCUT2D eigenvalue weighted by molar-refractivity contribution is 6.66. The molecule has 2 saturated heterocycles. The number of ether oxygens (including phenoxy) is 1. The summed E-state index contributed by atoms with van der Waals surface area (Å²) in [5.74, 6) is 0.866. The lowest BCUT2D eigenvalue weighted by Gasteiger charge is -2.35. The first-order valence-electron chi connectivity index (χ1n) is 13.1. The van der Waals surface area contributed by atoms with Crippen LogP contribution in [0.25, 0.3) is 10.9 Å². The molecule has 3 heterocycles. The summed E-state index contributed by atoms with van der Waals surface area (Å²) in [4.78, 5) is 14.4. The summed E-state index contributed by atoms with van der Waals surface area (Å²) in [6, 6.07) is 5.01. The van der Waals surface area contributed by atoms with E-state index >= 15 is 0 Å². The first kappa shape index (κ1) is 26.0. The van der Waals surface area contributed by atoms with E-state index in [-0.39, 0.29) is 12.1 Å². The van der Waals surface area contributed by atoms with Gasteiger partial charge in [-0.2, -0.15) is 9.97 Å². The molecule has 8 nitrogen and oxygen atoms in total. The van der Waals surface area contributed by atoms with Crippen molar-refractivity contribution in [2.45, 2.75) is 83.3 Å². The Morgan fingerprint density at radius 3 is 2.53 bits per heavy atom. The lowest BCUT2D eigenvalue weighted by Crippen LogP contribution is -2.50. The number of benzene rings is 1. The number of fused-ring (bicyclic) bond motifs is 1. The minimum absolute atomic E-state index is 0.0700. The molecule has 1 aliphatic carbocycles. The fourth-order valence-corrected chi connectivity index (χ4v) is 5.73. The molecule has 1 N–H and O–H groups in total. The van der Waals surface area contributed by atoms with E-state index in [9.17, 15) is 0 Å². The van der Waals surface area contributed by atoms with Crippen molar-refractivity contribution >= 4 is 40.9 Å². The van der Waals surface area contributed by atoms with Gasteiger partial charge in [0.2, 0.25) is 0 Å². The predicted octanol–water partition coefficient (Wildman–Crippen LogP) is 3.24. The molecule has 196 valence electrons. The normalized spacial score (nSPS) is 27.9. The van der Waals surface area contributed by atoms with Gasteiger partial charge in [0.1, 0.15) is 11.9 Å². The Kier molecular flexibility index (Phi) is 6.92. The van der Waals surface area contributed by atoms with E-state index in [1.54, 1.807) is 0 Å². The molecule has 2 aliphatic heterocycles. The van der Waals surface area contributed by atoms with Crippen molar-refractivity contribution in [3.8, 4) is 6.01 Å². The van der Waals surface area contributed by atoms with E-state index < -0.39 is 18.3 Å². The Morgan fingerprint density at radius 1 is 1.14 bits per heavy atom. The van der Waals surface area contributed by atoms with Crippen molar-refractivity contribution in [3.63, 3.8) is 0 Å². The van der Waals surface area contributed by atoms with Crippen LogP contribution in [0.3, 0.4) is 0 Å². The Morgan fingerprint density at radius 2 is 1.86 bits per heavy atom. The number of piperazine rings is 1. The quantitative estimate of drug-likeness (QED) is 0.609. The van der Waals surface area contributed by atoms with Crippen molar-refractivity contribution in [2.75, 3.05) is 38.6 Å². The first-order chi connectivity index (χ1) is 17.0. The lowest BCUT2D eigenvalue weighted by molar-refractivity contribution is 0.00578. The molecule has 1 aromatic carbocycles. The second-order valence-electron chi connectivity index (χ2n) is 11.7. The van der Waals surface area contributed by atoms with E-state index in [1.807, 2.05) is 39.8 Å². The third kappa shape index (κ3) is 4.69. The second-order valence-corrected chi connectivity index (χ2v) is 12.1. The summed E-state index contributed by atoms with van der Waals surface area (Å²) >= 11 is 6.86. The SMILES string of the molecule is C[C@H]1CNCCN1c1nc(OC2CCCC2N(C)C)nc2cc(B3OC(C)(C)C(C)(C)O3)c(Cl)cc12. The first-order valence-corrected chi connectivity index (χ1v) is 13.5. The fraction of sp³-hybridized carbons (Fsp3) is 0.692. The van der Waals surface area contributed by atoms with Crippen LogP contribution >= 0.6 is 11.6 Å². The Balaban J connectivity index is 1.58. The molecule has 5 rings (SSSR count). The van der Waals surface area contributed by atoms with Gasteiger partial charge < -0.3 is 29.2 Å². The van der Waals surface area contributed by atoms with Crippen LogP contribution in [-0.4, -0.2) is 85.1 Å². The van der Waals surface area contributed by atoms with E-state index in [0.717, 1.165) is 61.1 Å². The average molecular weight is 516 g/mol. The molecule has 1 saturated carbocycles. The number of nitrogens with one attached hydrogen (secondary N) is 1. The van der Waals surface area contributed by atoms with Crippen molar-refractivity contribution in [3.05, 3.63) is 17.2 Å². The number of hydrogen-bond acceptors (Lipinski definition) is 8. The highest BCUT2D eigenvalue weighted by atomic mass is 35.5. The molecule has 0 amide bonds. The van der Waals surface area contributed by atoms with E-state index in [1.165, 1.54) is 0 Å². The van der Waals surface area contributed by atoms with Crippen molar-refractivity contribution in [1.82, 2.24) is 20.2 Å². The minimum Gasteiger partial charge on any atom is -0.458 e. The standard InChI is InChI=1S/C26H39BClN5O3/c1-16-15-29-11-12-33(16)23-17-13-19(28)18(27-35-25(2,3)26(4,5)36-27)14-20(17)30-24(31-23)34-22-10-8-9-21(22)32(6)7/h13-14,16,21-22,29H,8-12,15H2,1-7H3/t16-,21?,22?/m0/s1. The molecule has 36 heavy (non-hydrogen) atoms. The third-order valence-electron chi connectivity index (χ3n) is 8.39. The van der Waals surface area contributed by atoms with Gasteiger partial charge in [-0.15, -0.1) is 0 Å². The Bertz CT molecular complexity index is 1110. The predicted molar refractivity (Wildman–Crippen MR) is 146 cm³/mol. The molecule has 3 aliphatic rings. The summed E-state index contributed by atoms with van der Waals surface area (Å²) in [7, 11) is 3.65. The third-order valence-corrected chi connectivity index (χ3v) is 8.72. The molecular formula is C26H39BClN5O3. The minimum atomic E-state index is -0.569. The van der Waals surface area contributed by atoms with Gasteiger partial charge in [0.15, 0.2) is 0 Å². The lowest BCUT2D eigenvalue weighted by atomic mass is 9.78. The van der Waals surface area contributed by atoms with Crippen molar-refractivity contribution < 1.29 is 14.0 Å². The number of anilines is 1. The zero-order chi connectivity index (χ0) is 25.8. The van der Waals surface area contributed by atoms with E-state index in [4.69, 9.17) is 35.6 Å². The van der Waals surface area contributed by atoms with Crippen LogP contribution in [0.15, 0.2) is 12.1 Å². The fourth-order valence-electron chi connectivity index (χ4n) is 5.48. The van der Waals surface area contributed by atoms with Gasteiger partial charge in [-0.3, -0.25) is 0 Å². The largest absolute Gasteiger partial charge is 0.496 e. The molecule has 3 fully saturated rings. The summed E-state index contributed by atoms with van der Waals surface area (Å²) < 4.78 is 19.1. The topological polar surface area (TPSA) is 72.0 Å². The number of likely N-dealkylation sites (N-methyl/N-ethyl adjacent to an activating group) is 1. The maximum atomic E-state index is 6.86. The molecule has 1 aromatic heterocycles. The zero-order valence-electron chi connectivity index (χ0n) is 22.6. The van der Waals surface area contributed by atoms with Gasteiger partial charge in [-0.25, -0.2) is 0 Å². The van der Waals surface area contributed by atoms with E-state index in [2.05, 4.69) is 36.1 Å². The Labute approximate surface area is 220 Å². The molecule has 0 radical (unpaired) electrons. The summed E-state index contributed by atoms with van der Waals surface area (Å²) in [5.41, 5.74) is 0.648. The van der Waals surface area contributed by atoms with Crippen LogP contribution in [0.2, 0.25) is 5.02 Å². The summed E-state index contributed by atoms with van der Waals surface area (Å²) in [5, 5.41) is 4.97. The van der Waals surface area contributed by atoms with Crippen LogP contribution in [-0.2, 0) is 9.31 Å². The molecule has 2 aromatic rings. The van der Waals surface area contributed by atoms with Gasteiger partial charge in [-0.05, 0) is 80.1 Å². The van der Waals surface area contributed by atoms with Crippen LogP contribution in [0.4, 0.5) is 5.82 Å². The summed E-state index contributed by atoms with van der Waals surface area (Å²) in [6.45, 7) is 13.0. The number of halogens is 1. The van der Waals surface area contributed by atoms with Gasteiger partial charge in [0.25, 0.3) is 0 Å². The molecule has 0 bridgehead atoms. The maximum Gasteiger partial charge on any atom is 0.496 e. The molecular weight excluding hydrogens is 477 g/mol. The number of hydrogen-bond donors (Lipinski definition) is 1. The second kappa shape index (κ2) is 9.59. The van der Waals surface area contributed by atoms with Crippen molar-refractivity contribution in [2.24, 2.45) is 0 Å². The van der Waals surface area contributed by atoms with Crippen LogP contribution in [0.1, 0.15) is 53.9 Å². The highest BCUT2D eigenvalue weighted by Crippen LogP contribution is 2.38. The van der Waals surface area contributed by atoms with Gasteiger partial charge in [0.05, 0.1) is 16.7 Å². The summed E-state index contributed by atoms with van der Waals surface area (Å²) in [6.07, 6.45) is 3.34. The van der Waals surface area contributed by atoms with E-state index in [0.29, 0.717) is 17.1 Å². The zero-order valence-corrected chi connectivity index (χ0v) is 23.4. The monoisotopic (exact) mass is 515 g/mol. The number of nitrogens with zero attached hydrogens (tertiary/aromatic N) is 4. The van der Waals surface area contributed by atoms with Crippen LogP contribution in [0, 0.1) is 0 Å². The molecule has 10 heteroatoms. The van der Waals surface area contributed by atoms with Crippen LogP contribution in [0.5, 0.6) is 6.01 Å². The van der Waals surface area contributed by atoms with Crippen LogP contribution < -0.4 is 20.4 Å². The molecule has 0 spiro atoms. The van der Waals surface area contributed by atoms with Gasteiger partial charge in [-0.1, -0.05) is 11.6 Å². The van der Waals surface area contributed by atoms with Gasteiger partial charge in [0, 0.05) is 47.6 Å². The van der Waals surface area contributed by atoms with Gasteiger partial charge >= 0.3 is 13.1 Å². The van der Waals surface area contributed by atoms with Crippen molar-refractivity contribution in [1.29, 1.82) is 0 Å². The highest BCUT2D eigenvalue weighted by Gasteiger charge is 2.52. The maximum absolute atomic E-state index is 6.86. The smallest absolute Gasteiger partial charge is 0.458 e. The Hall–Kier alpha value is -1.65. The molecule has 3 atom stereocenters.